The second-order valence-corrected chi connectivity index (χ2v) is 22.4. The second kappa shape index (κ2) is 65.4. The molecule has 0 aliphatic rings. The molecule has 0 spiro atoms. The van der Waals surface area contributed by atoms with Crippen LogP contribution in [0.3, 0.4) is 0 Å². The van der Waals surface area contributed by atoms with Crippen LogP contribution in [0.2, 0.25) is 0 Å². The third-order valence-corrected chi connectivity index (χ3v) is 14.7. The Morgan fingerprint density at radius 2 is 0.481 bits per heavy atom. The molecule has 77 heavy (non-hydrogen) atoms. The lowest BCUT2D eigenvalue weighted by molar-refractivity contribution is -0.167. The molecule has 0 fully saturated rings. The Kier molecular flexibility index (Phi) is 62.7. The summed E-state index contributed by atoms with van der Waals surface area (Å²) < 4.78 is 16.9. The van der Waals surface area contributed by atoms with E-state index in [0.717, 1.165) is 103 Å². The van der Waals surface area contributed by atoms with Crippen LogP contribution in [0.5, 0.6) is 0 Å². The third kappa shape index (κ3) is 63.6. The molecule has 0 aromatic heterocycles. The summed E-state index contributed by atoms with van der Waals surface area (Å²) in [4.78, 5) is 38.2. The minimum atomic E-state index is -0.785. The van der Waals surface area contributed by atoms with Crippen LogP contribution in [-0.4, -0.2) is 37.2 Å². The normalized spacial score (nSPS) is 12.5. The van der Waals surface area contributed by atoms with Gasteiger partial charge in [-0.2, -0.15) is 0 Å². The zero-order valence-electron chi connectivity index (χ0n) is 51.2. The number of ether oxygens (including phenoxy) is 3. The molecule has 0 amide bonds. The van der Waals surface area contributed by atoms with Crippen molar-refractivity contribution < 1.29 is 28.6 Å². The summed E-state index contributed by atoms with van der Waals surface area (Å²) in [6.07, 6.45) is 85.1. The van der Waals surface area contributed by atoms with Crippen LogP contribution in [0.15, 0.2) is 72.9 Å². The Bertz CT molecular complexity index is 1420. The number of hydrogen-bond donors (Lipinski definition) is 0. The molecule has 446 valence electrons. The van der Waals surface area contributed by atoms with Crippen molar-refractivity contribution in [2.45, 2.75) is 348 Å². The SMILES string of the molecule is CCCC/C=C\C/C=C\CCCCCCCC(=O)OC(COC(=O)CCCCCCC/C=C\CCCCC)COC(=O)CCCCCCCCCCCCCCCCCCCC/C=C\C/C=C\C/C=C\CCCCCCC. The van der Waals surface area contributed by atoms with Gasteiger partial charge >= 0.3 is 17.9 Å². The van der Waals surface area contributed by atoms with Crippen LogP contribution in [0.1, 0.15) is 342 Å². The predicted molar refractivity (Wildman–Crippen MR) is 335 cm³/mol. The molecular formula is C71H126O6. The summed E-state index contributed by atoms with van der Waals surface area (Å²) in [5, 5.41) is 0. The monoisotopic (exact) mass is 1070 g/mol. The van der Waals surface area contributed by atoms with E-state index in [-0.39, 0.29) is 31.1 Å². The van der Waals surface area contributed by atoms with Crippen molar-refractivity contribution in [3.63, 3.8) is 0 Å². The molecule has 1 atom stereocenters. The molecule has 1 unspecified atom stereocenters. The summed E-state index contributed by atoms with van der Waals surface area (Å²) in [5.41, 5.74) is 0. The Morgan fingerprint density at radius 1 is 0.260 bits per heavy atom. The van der Waals surface area contributed by atoms with Gasteiger partial charge in [0, 0.05) is 19.3 Å². The van der Waals surface area contributed by atoms with Crippen molar-refractivity contribution >= 4 is 17.9 Å². The lowest BCUT2D eigenvalue weighted by Gasteiger charge is -2.18. The van der Waals surface area contributed by atoms with E-state index in [1.165, 1.54) is 199 Å². The summed E-state index contributed by atoms with van der Waals surface area (Å²) in [5.74, 6) is -0.891. The van der Waals surface area contributed by atoms with Gasteiger partial charge < -0.3 is 14.2 Å². The highest BCUT2D eigenvalue weighted by Crippen LogP contribution is 2.17. The van der Waals surface area contributed by atoms with Gasteiger partial charge in [-0.25, -0.2) is 0 Å². The molecule has 6 nitrogen and oxygen atoms in total. The van der Waals surface area contributed by atoms with Gasteiger partial charge in [-0.3, -0.25) is 14.4 Å². The van der Waals surface area contributed by atoms with Crippen molar-refractivity contribution in [1.29, 1.82) is 0 Å². The number of hydrogen-bond acceptors (Lipinski definition) is 6. The molecule has 0 saturated carbocycles. The van der Waals surface area contributed by atoms with E-state index < -0.39 is 6.10 Å². The molecule has 6 heteroatoms. The van der Waals surface area contributed by atoms with E-state index in [4.69, 9.17) is 14.2 Å². The molecule has 0 radical (unpaired) electrons. The van der Waals surface area contributed by atoms with Crippen LogP contribution in [0, 0.1) is 0 Å². The minimum absolute atomic E-state index is 0.0808. The molecule has 0 heterocycles. The molecule has 0 aromatic carbocycles. The van der Waals surface area contributed by atoms with Crippen LogP contribution in [0.25, 0.3) is 0 Å². The summed E-state index contributed by atoms with van der Waals surface area (Å²) in [6.45, 7) is 6.58. The lowest BCUT2D eigenvalue weighted by atomic mass is 10.0. The first-order valence-corrected chi connectivity index (χ1v) is 33.4. The van der Waals surface area contributed by atoms with Gasteiger partial charge in [-0.05, 0) is 109 Å². The van der Waals surface area contributed by atoms with Gasteiger partial charge in [-0.15, -0.1) is 0 Å². The van der Waals surface area contributed by atoms with E-state index >= 15 is 0 Å². The van der Waals surface area contributed by atoms with Gasteiger partial charge in [0.2, 0.25) is 0 Å². The summed E-state index contributed by atoms with van der Waals surface area (Å²) in [7, 11) is 0. The molecule has 0 bridgehead atoms. The maximum absolute atomic E-state index is 12.9. The third-order valence-electron chi connectivity index (χ3n) is 14.7. The lowest BCUT2D eigenvalue weighted by Crippen LogP contribution is -2.30. The Morgan fingerprint density at radius 3 is 0.805 bits per heavy atom. The summed E-state index contributed by atoms with van der Waals surface area (Å²) in [6, 6.07) is 0. The predicted octanol–water partition coefficient (Wildman–Crippen LogP) is 22.9. The van der Waals surface area contributed by atoms with Gasteiger partial charge in [0.25, 0.3) is 0 Å². The standard InChI is InChI=1S/C71H126O6/c1-4-7-10-13-16-19-22-25-27-28-29-30-31-32-33-34-35-36-37-38-39-40-41-42-43-44-45-47-49-52-55-58-61-64-70(73)76-67-68(66-75-69(72)63-60-57-54-51-48-24-21-18-15-12-9-6-3)77-71(74)65-62-59-56-53-50-46-26-23-20-17-14-11-8-5-2/h14,17-18,21-23,25-26,28-29,31-32,68H,4-13,15-16,19-20,24,27,30,33-67H2,1-3H3/b17-14-,21-18-,25-22-,26-23-,29-28-,32-31-. The Hall–Kier alpha value is -3.15. The van der Waals surface area contributed by atoms with Crippen molar-refractivity contribution in [3.05, 3.63) is 72.9 Å². The first-order chi connectivity index (χ1) is 38.0. The first-order valence-electron chi connectivity index (χ1n) is 33.4. The van der Waals surface area contributed by atoms with Crippen LogP contribution in [-0.2, 0) is 28.6 Å². The number of carbonyl (C=O) groups excluding carboxylic acids is 3. The van der Waals surface area contributed by atoms with E-state index in [1.807, 2.05) is 0 Å². The van der Waals surface area contributed by atoms with Crippen LogP contribution >= 0.6 is 0 Å². The number of esters is 3. The molecule has 0 saturated heterocycles. The van der Waals surface area contributed by atoms with Crippen LogP contribution < -0.4 is 0 Å². The molecular weight excluding hydrogens is 949 g/mol. The Labute approximate surface area is 478 Å². The molecule has 0 aliphatic heterocycles. The second-order valence-electron chi connectivity index (χ2n) is 22.4. The van der Waals surface area contributed by atoms with Crippen LogP contribution in [0.4, 0.5) is 0 Å². The molecule has 0 aliphatic carbocycles. The smallest absolute Gasteiger partial charge is 0.306 e. The fourth-order valence-electron chi connectivity index (χ4n) is 9.58. The van der Waals surface area contributed by atoms with Gasteiger partial charge in [0.05, 0.1) is 0 Å². The van der Waals surface area contributed by atoms with Crippen molar-refractivity contribution in [2.75, 3.05) is 13.2 Å². The molecule has 0 N–H and O–H groups in total. The first kappa shape index (κ1) is 73.8. The Balaban J connectivity index is 4.11. The molecule has 0 rings (SSSR count). The van der Waals surface area contributed by atoms with E-state index in [1.54, 1.807) is 0 Å². The van der Waals surface area contributed by atoms with Gasteiger partial charge in [-0.1, -0.05) is 286 Å². The van der Waals surface area contributed by atoms with E-state index in [9.17, 15) is 14.4 Å². The topological polar surface area (TPSA) is 78.9 Å². The zero-order chi connectivity index (χ0) is 55.7. The van der Waals surface area contributed by atoms with E-state index in [2.05, 4.69) is 93.7 Å². The van der Waals surface area contributed by atoms with Crippen molar-refractivity contribution in [3.8, 4) is 0 Å². The quantitative estimate of drug-likeness (QED) is 0.0261. The average molecular weight is 1080 g/mol. The maximum Gasteiger partial charge on any atom is 0.306 e. The average Bonchev–Trinajstić information content (AvgIpc) is 3.43. The fourth-order valence-corrected chi connectivity index (χ4v) is 9.58. The van der Waals surface area contributed by atoms with Crippen molar-refractivity contribution in [1.82, 2.24) is 0 Å². The maximum atomic E-state index is 12.9. The van der Waals surface area contributed by atoms with Gasteiger partial charge in [0.15, 0.2) is 6.10 Å². The number of carbonyl (C=O) groups is 3. The van der Waals surface area contributed by atoms with Crippen molar-refractivity contribution in [2.24, 2.45) is 0 Å². The zero-order valence-corrected chi connectivity index (χ0v) is 51.2. The highest BCUT2D eigenvalue weighted by atomic mass is 16.6. The molecule has 0 aromatic rings. The van der Waals surface area contributed by atoms with Gasteiger partial charge in [0.1, 0.15) is 13.2 Å². The fraction of sp³-hybridized carbons (Fsp3) is 0.789. The highest BCUT2D eigenvalue weighted by Gasteiger charge is 2.19. The minimum Gasteiger partial charge on any atom is -0.462 e. The largest absolute Gasteiger partial charge is 0.462 e. The number of unbranched alkanes of at least 4 members (excludes halogenated alkanes) is 38. The summed E-state index contributed by atoms with van der Waals surface area (Å²) >= 11 is 0. The number of allylic oxidation sites excluding steroid dienone is 12. The van der Waals surface area contributed by atoms with E-state index in [0.29, 0.717) is 19.3 Å². The number of rotatable bonds is 61. The highest BCUT2D eigenvalue weighted by molar-refractivity contribution is 5.71.